The highest BCUT2D eigenvalue weighted by Crippen LogP contribution is 2.18. The number of aryl methyl sites for hydroxylation is 2. The summed E-state index contributed by atoms with van der Waals surface area (Å²) in [5.74, 6) is 0.0405. The quantitative estimate of drug-likeness (QED) is 0.834. The molecule has 0 saturated carbocycles. The van der Waals surface area contributed by atoms with E-state index in [4.69, 9.17) is 0 Å². The molecule has 0 aliphatic carbocycles. The zero-order valence-electron chi connectivity index (χ0n) is 13.6. The van der Waals surface area contributed by atoms with Crippen LogP contribution in [0.3, 0.4) is 0 Å². The maximum absolute atomic E-state index is 12.1. The second kappa shape index (κ2) is 7.64. The lowest BCUT2D eigenvalue weighted by molar-refractivity contribution is -0.115. The smallest absolute Gasteiger partial charge is 0.226 e. The minimum atomic E-state index is 0.0405. The van der Waals surface area contributed by atoms with E-state index in [0.717, 1.165) is 17.8 Å². The Kier molecular flexibility index (Phi) is 5.59. The number of hydrogen-bond acceptors (Lipinski definition) is 2. The molecule has 116 valence electrons. The normalized spacial score (nSPS) is 10.3. The van der Waals surface area contributed by atoms with Gasteiger partial charge in [-0.2, -0.15) is 0 Å². The highest BCUT2D eigenvalue weighted by atomic mass is 16.1. The zero-order chi connectivity index (χ0) is 15.9. The van der Waals surface area contributed by atoms with Gasteiger partial charge in [-0.25, -0.2) is 0 Å². The Morgan fingerprint density at radius 1 is 1.00 bits per heavy atom. The van der Waals surface area contributed by atoms with Gasteiger partial charge in [0, 0.05) is 24.3 Å². The number of carbonyl (C=O) groups excluding carboxylic acids is 1. The van der Waals surface area contributed by atoms with Crippen molar-refractivity contribution in [3.63, 3.8) is 0 Å². The summed E-state index contributed by atoms with van der Waals surface area (Å²) >= 11 is 0. The molecule has 0 heterocycles. The predicted octanol–water partition coefficient (Wildman–Crippen LogP) is 4.31. The molecule has 2 aromatic carbocycles. The van der Waals surface area contributed by atoms with Crippen LogP contribution in [0.15, 0.2) is 42.5 Å². The van der Waals surface area contributed by atoms with Gasteiger partial charge in [-0.05, 0) is 49.1 Å². The minimum absolute atomic E-state index is 0.0405. The first-order chi connectivity index (χ1) is 10.6. The third-order valence-electron chi connectivity index (χ3n) is 3.94. The monoisotopic (exact) mass is 296 g/mol. The topological polar surface area (TPSA) is 41.1 Å². The molecule has 2 rings (SSSR count). The first-order valence-electron chi connectivity index (χ1n) is 7.79. The first kappa shape index (κ1) is 16.1. The summed E-state index contributed by atoms with van der Waals surface area (Å²) in [5.41, 5.74) is 5.67. The van der Waals surface area contributed by atoms with E-state index in [-0.39, 0.29) is 5.91 Å². The van der Waals surface area contributed by atoms with Crippen LogP contribution in [-0.4, -0.2) is 12.5 Å². The molecule has 2 N–H and O–H groups in total. The average molecular weight is 296 g/mol. The van der Waals surface area contributed by atoms with Gasteiger partial charge >= 0.3 is 0 Å². The average Bonchev–Trinajstić information content (AvgIpc) is 2.52. The zero-order valence-corrected chi connectivity index (χ0v) is 13.6. The number of nitrogens with one attached hydrogen (secondary N) is 2. The Balaban J connectivity index is 1.87. The van der Waals surface area contributed by atoms with Crippen molar-refractivity contribution in [3.05, 3.63) is 59.2 Å². The molecule has 2 aromatic rings. The van der Waals surface area contributed by atoms with Crippen LogP contribution in [0.1, 0.15) is 30.0 Å². The largest absolute Gasteiger partial charge is 0.384 e. The van der Waals surface area contributed by atoms with Crippen molar-refractivity contribution in [1.82, 2.24) is 0 Å². The molecule has 22 heavy (non-hydrogen) atoms. The highest BCUT2D eigenvalue weighted by Gasteiger charge is 2.06. The number of rotatable bonds is 6. The molecule has 1 amide bonds. The molecule has 0 fully saturated rings. The van der Waals surface area contributed by atoms with E-state index >= 15 is 0 Å². The third-order valence-corrected chi connectivity index (χ3v) is 3.94. The van der Waals surface area contributed by atoms with E-state index in [0.29, 0.717) is 13.0 Å². The maximum Gasteiger partial charge on any atom is 0.226 e. The van der Waals surface area contributed by atoms with Gasteiger partial charge in [0.25, 0.3) is 0 Å². The van der Waals surface area contributed by atoms with Gasteiger partial charge in [-0.3, -0.25) is 4.79 Å². The third kappa shape index (κ3) is 4.10. The van der Waals surface area contributed by atoms with Gasteiger partial charge in [-0.1, -0.05) is 37.3 Å². The molecule has 0 unspecified atom stereocenters. The van der Waals surface area contributed by atoms with Crippen LogP contribution >= 0.6 is 0 Å². The molecular formula is C19H24N2O. The van der Waals surface area contributed by atoms with Crippen molar-refractivity contribution in [3.8, 4) is 0 Å². The fourth-order valence-electron chi connectivity index (χ4n) is 2.42. The van der Waals surface area contributed by atoms with Crippen LogP contribution < -0.4 is 10.6 Å². The van der Waals surface area contributed by atoms with Gasteiger partial charge < -0.3 is 10.6 Å². The van der Waals surface area contributed by atoms with Gasteiger partial charge in [0.1, 0.15) is 0 Å². The van der Waals surface area contributed by atoms with Gasteiger partial charge in [0.15, 0.2) is 0 Å². The molecule has 0 atom stereocenters. The molecular weight excluding hydrogens is 272 g/mol. The molecule has 3 heteroatoms. The Morgan fingerprint density at radius 3 is 2.50 bits per heavy atom. The van der Waals surface area contributed by atoms with Gasteiger partial charge in [0.05, 0.1) is 0 Å². The Morgan fingerprint density at radius 2 is 1.73 bits per heavy atom. The van der Waals surface area contributed by atoms with Gasteiger partial charge in [-0.15, -0.1) is 0 Å². The Labute approximate surface area is 132 Å². The highest BCUT2D eigenvalue weighted by molar-refractivity contribution is 5.91. The molecule has 0 aromatic heterocycles. The van der Waals surface area contributed by atoms with Crippen LogP contribution in [0.5, 0.6) is 0 Å². The number of carbonyl (C=O) groups is 1. The lowest BCUT2D eigenvalue weighted by Crippen LogP contribution is -2.17. The number of benzene rings is 2. The van der Waals surface area contributed by atoms with Crippen molar-refractivity contribution in [2.45, 2.75) is 33.6 Å². The van der Waals surface area contributed by atoms with Crippen LogP contribution in [0.2, 0.25) is 0 Å². The summed E-state index contributed by atoms with van der Waals surface area (Å²) in [6, 6.07) is 14.1. The molecule has 3 nitrogen and oxygen atoms in total. The second-order valence-electron chi connectivity index (χ2n) is 5.48. The van der Waals surface area contributed by atoms with E-state index in [2.05, 4.69) is 37.5 Å². The fraction of sp³-hybridized carbons (Fsp3) is 0.316. The summed E-state index contributed by atoms with van der Waals surface area (Å²) in [6.07, 6.45) is 1.36. The van der Waals surface area contributed by atoms with Crippen molar-refractivity contribution in [2.75, 3.05) is 17.2 Å². The fourth-order valence-corrected chi connectivity index (χ4v) is 2.42. The van der Waals surface area contributed by atoms with Crippen LogP contribution in [0.4, 0.5) is 11.4 Å². The summed E-state index contributed by atoms with van der Waals surface area (Å²) in [5, 5.41) is 6.33. The molecule has 0 bridgehead atoms. The Hall–Kier alpha value is -2.29. The summed E-state index contributed by atoms with van der Waals surface area (Å²) < 4.78 is 0. The van der Waals surface area contributed by atoms with E-state index in [9.17, 15) is 4.79 Å². The summed E-state index contributed by atoms with van der Waals surface area (Å²) in [6.45, 7) is 6.90. The van der Waals surface area contributed by atoms with E-state index in [1.165, 1.54) is 16.7 Å². The van der Waals surface area contributed by atoms with E-state index in [1.807, 2.05) is 36.4 Å². The van der Waals surface area contributed by atoms with Crippen molar-refractivity contribution in [1.29, 1.82) is 0 Å². The first-order valence-corrected chi connectivity index (χ1v) is 7.79. The molecule has 0 saturated heterocycles. The molecule has 0 aliphatic rings. The SMILES string of the molecule is CCc1ccccc1NC(=O)CCNc1cccc(C)c1C. The van der Waals surface area contributed by atoms with Crippen LogP contribution in [-0.2, 0) is 11.2 Å². The number of para-hydroxylation sites is 1. The number of anilines is 2. The second-order valence-corrected chi connectivity index (χ2v) is 5.48. The maximum atomic E-state index is 12.1. The molecule has 0 radical (unpaired) electrons. The standard InChI is InChI=1S/C19H24N2O/c1-4-16-9-5-6-10-18(16)21-19(22)12-13-20-17-11-7-8-14(2)15(17)3/h5-11,20H,4,12-13H2,1-3H3,(H,21,22). The predicted molar refractivity (Wildman–Crippen MR) is 93.5 cm³/mol. The van der Waals surface area contributed by atoms with E-state index in [1.54, 1.807) is 0 Å². The lowest BCUT2D eigenvalue weighted by atomic mass is 10.1. The van der Waals surface area contributed by atoms with E-state index < -0.39 is 0 Å². The number of hydrogen-bond donors (Lipinski definition) is 2. The molecule has 0 spiro atoms. The van der Waals surface area contributed by atoms with Crippen LogP contribution in [0, 0.1) is 13.8 Å². The Bertz CT molecular complexity index is 650. The van der Waals surface area contributed by atoms with Gasteiger partial charge in [0.2, 0.25) is 5.91 Å². The number of amides is 1. The van der Waals surface area contributed by atoms with Crippen molar-refractivity contribution in [2.24, 2.45) is 0 Å². The van der Waals surface area contributed by atoms with Crippen molar-refractivity contribution < 1.29 is 4.79 Å². The summed E-state index contributed by atoms with van der Waals surface area (Å²) in [7, 11) is 0. The van der Waals surface area contributed by atoms with Crippen LogP contribution in [0.25, 0.3) is 0 Å². The summed E-state index contributed by atoms with van der Waals surface area (Å²) in [4.78, 5) is 12.1. The minimum Gasteiger partial charge on any atom is -0.384 e. The lowest BCUT2D eigenvalue weighted by Gasteiger charge is -2.12. The molecule has 0 aliphatic heterocycles. The van der Waals surface area contributed by atoms with Crippen molar-refractivity contribution >= 4 is 17.3 Å².